The van der Waals surface area contributed by atoms with Gasteiger partial charge in [0.2, 0.25) is 0 Å². The minimum Gasteiger partial charge on any atom is -0.508 e. The van der Waals surface area contributed by atoms with E-state index >= 15 is 0 Å². The molecular weight excluding hydrogens is 292 g/mol. The minimum atomic E-state index is -0.509. The van der Waals surface area contributed by atoms with Crippen LogP contribution in [0.15, 0.2) is 36.4 Å². The lowest BCUT2D eigenvalue weighted by Crippen LogP contribution is -2.29. The molecule has 0 fully saturated rings. The van der Waals surface area contributed by atoms with Gasteiger partial charge in [0.25, 0.3) is 5.91 Å². The summed E-state index contributed by atoms with van der Waals surface area (Å²) in [5.41, 5.74) is 0.870. The van der Waals surface area contributed by atoms with E-state index in [1.165, 1.54) is 17.0 Å². The predicted molar refractivity (Wildman–Crippen MR) is 79.6 cm³/mol. The van der Waals surface area contributed by atoms with Crippen molar-refractivity contribution in [1.82, 2.24) is 4.90 Å². The Labute approximate surface area is 125 Å². The number of rotatable bonds is 4. The molecule has 1 heterocycles. The minimum absolute atomic E-state index is 0.0518. The molecule has 110 valence electrons. The van der Waals surface area contributed by atoms with Crippen molar-refractivity contribution >= 4 is 22.2 Å². The third-order valence-corrected chi connectivity index (χ3v) is 4.28. The van der Waals surface area contributed by atoms with Crippen molar-refractivity contribution in [2.45, 2.75) is 13.0 Å². The van der Waals surface area contributed by atoms with Crippen LogP contribution in [-0.4, -0.2) is 27.9 Å². The topological polar surface area (TPSA) is 83.7 Å². The average molecular weight is 306 g/mol. The average Bonchev–Trinajstić information content (AvgIpc) is 2.96. The molecule has 2 rings (SSSR count). The maximum absolute atomic E-state index is 12.3. The monoisotopic (exact) mass is 306 g/mol. The lowest BCUT2D eigenvalue weighted by molar-refractivity contribution is -0.380. The van der Waals surface area contributed by atoms with E-state index < -0.39 is 4.92 Å². The Balaban J connectivity index is 2.17. The van der Waals surface area contributed by atoms with Gasteiger partial charge in [0.05, 0.1) is 15.8 Å². The molecule has 7 heteroatoms. The Morgan fingerprint density at radius 1 is 1.29 bits per heavy atom. The zero-order valence-corrected chi connectivity index (χ0v) is 12.3. The molecule has 1 aromatic carbocycles. The van der Waals surface area contributed by atoms with Gasteiger partial charge < -0.3 is 10.0 Å². The van der Waals surface area contributed by atoms with Gasteiger partial charge >= 0.3 is 5.00 Å². The number of thiophene rings is 1. The highest BCUT2D eigenvalue weighted by Gasteiger charge is 2.22. The molecule has 6 nitrogen and oxygen atoms in total. The lowest BCUT2D eigenvalue weighted by Gasteiger charge is -2.24. The summed E-state index contributed by atoms with van der Waals surface area (Å²) in [5.74, 6) is -0.109. The molecule has 1 amide bonds. The number of carbonyl (C=O) groups is 1. The van der Waals surface area contributed by atoms with Crippen LogP contribution in [-0.2, 0) is 0 Å². The first-order chi connectivity index (χ1) is 9.90. The van der Waals surface area contributed by atoms with Gasteiger partial charge in [-0.2, -0.15) is 0 Å². The second-order valence-corrected chi connectivity index (χ2v) is 5.64. The molecule has 21 heavy (non-hydrogen) atoms. The third kappa shape index (κ3) is 3.19. The molecular formula is C14H14N2O4S. The van der Waals surface area contributed by atoms with Gasteiger partial charge in [0.15, 0.2) is 0 Å². The number of aromatic hydroxyl groups is 1. The molecule has 1 atom stereocenters. The van der Waals surface area contributed by atoms with Crippen LogP contribution in [0, 0.1) is 10.1 Å². The van der Waals surface area contributed by atoms with Crippen LogP contribution in [0.2, 0.25) is 0 Å². The van der Waals surface area contributed by atoms with Crippen LogP contribution >= 0.6 is 11.3 Å². The summed E-state index contributed by atoms with van der Waals surface area (Å²) in [6.45, 7) is 1.85. The number of carbonyl (C=O) groups excluding carboxylic acids is 1. The first kappa shape index (κ1) is 15.0. The number of nitrogens with zero attached hydrogens (tertiary/aromatic N) is 2. The van der Waals surface area contributed by atoms with E-state index in [-0.39, 0.29) is 22.7 Å². The van der Waals surface area contributed by atoms with Gasteiger partial charge in [-0.1, -0.05) is 23.5 Å². The number of phenols is 1. The molecule has 0 spiro atoms. The number of nitro groups is 1. The molecule has 1 N–H and O–H groups in total. The number of hydrogen-bond acceptors (Lipinski definition) is 5. The molecule has 1 unspecified atom stereocenters. The molecule has 0 saturated heterocycles. The van der Waals surface area contributed by atoms with Crippen LogP contribution in [0.4, 0.5) is 5.00 Å². The Hall–Kier alpha value is -2.41. The van der Waals surface area contributed by atoms with Crippen LogP contribution in [0.3, 0.4) is 0 Å². The van der Waals surface area contributed by atoms with Crippen LogP contribution in [0.25, 0.3) is 0 Å². The van der Waals surface area contributed by atoms with Crippen LogP contribution < -0.4 is 0 Å². The van der Waals surface area contributed by atoms with Crippen molar-refractivity contribution < 1.29 is 14.8 Å². The molecule has 0 aliphatic heterocycles. The molecule has 0 bridgehead atoms. The van der Waals surface area contributed by atoms with Crippen molar-refractivity contribution in [1.29, 1.82) is 0 Å². The molecule has 0 aliphatic carbocycles. The summed E-state index contributed by atoms with van der Waals surface area (Å²) in [7, 11) is 1.64. The van der Waals surface area contributed by atoms with E-state index in [0.29, 0.717) is 4.88 Å². The standard InChI is InChI=1S/C14H14N2O4S/c1-9(10-3-5-11(17)6-4-10)15(2)14(18)12-7-8-13(21-12)16(19)20/h3-9,17H,1-2H3. The smallest absolute Gasteiger partial charge is 0.324 e. The predicted octanol–water partition coefficient (Wildman–Crippen LogP) is 3.20. The van der Waals surface area contributed by atoms with Crippen molar-refractivity contribution in [3.63, 3.8) is 0 Å². The number of phenolic OH excluding ortho intramolecular Hbond substituents is 1. The highest BCUT2D eigenvalue weighted by atomic mass is 32.1. The summed E-state index contributed by atoms with van der Waals surface area (Å²) in [5, 5.41) is 19.9. The molecule has 0 saturated carbocycles. The molecule has 2 aromatic rings. The van der Waals surface area contributed by atoms with E-state index in [0.717, 1.165) is 16.9 Å². The van der Waals surface area contributed by atoms with Crippen LogP contribution in [0.5, 0.6) is 5.75 Å². The highest BCUT2D eigenvalue weighted by Crippen LogP contribution is 2.28. The fourth-order valence-corrected chi connectivity index (χ4v) is 2.67. The van der Waals surface area contributed by atoms with Crippen LogP contribution in [0.1, 0.15) is 28.2 Å². The van der Waals surface area contributed by atoms with Gasteiger partial charge in [-0.05, 0) is 30.7 Å². The van der Waals surface area contributed by atoms with Gasteiger partial charge in [0, 0.05) is 13.1 Å². The maximum atomic E-state index is 12.3. The van der Waals surface area contributed by atoms with Crippen molar-refractivity contribution in [3.05, 3.63) is 57.0 Å². The lowest BCUT2D eigenvalue weighted by atomic mass is 10.1. The number of hydrogen-bond donors (Lipinski definition) is 1. The Kier molecular flexibility index (Phi) is 4.23. The van der Waals surface area contributed by atoms with E-state index in [2.05, 4.69) is 0 Å². The van der Waals surface area contributed by atoms with Crippen molar-refractivity contribution in [2.24, 2.45) is 0 Å². The largest absolute Gasteiger partial charge is 0.508 e. The van der Waals surface area contributed by atoms with Crippen molar-refractivity contribution in [2.75, 3.05) is 7.05 Å². The van der Waals surface area contributed by atoms with E-state index in [1.54, 1.807) is 31.3 Å². The highest BCUT2D eigenvalue weighted by molar-refractivity contribution is 7.17. The van der Waals surface area contributed by atoms with Gasteiger partial charge in [0.1, 0.15) is 5.75 Å². The molecule has 1 aromatic heterocycles. The SMILES string of the molecule is CC(c1ccc(O)cc1)N(C)C(=O)c1ccc([N+](=O)[O-])s1. The van der Waals surface area contributed by atoms with E-state index in [1.807, 2.05) is 6.92 Å². The summed E-state index contributed by atoms with van der Waals surface area (Å²) >= 11 is 0.862. The zero-order valence-electron chi connectivity index (χ0n) is 11.5. The maximum Gasteiger partial charge on any atom is 0.324 e. The summed E-state index contributed by atoms with van der Waals surface area (Å²) in [6, 6.07) is 9.17. The van der Waals surface area contributed by atoms with Crippen molar-refractivity contribution in [3.8, 4) is 5.75 Å². The normalized spacial score (nSPS) is 11.9. The van der Waals surface area contributed by atoms with Gasteiger partial charge in [-0.15, -0.1) is 0 Å². The van der Waals surface area contributed by atoms with Gasteiger partial charge in [-0.25, -0.2) is 0 Å². The first-order valence-corrected chi connectivity index (χ1v) is 7.02. The summed E-state index contributed by atoms with van der Waals surface area (Å²) in [6.07, 6.45) is 0. The van der Waals surface area contributed by atoms with E-state index in [4.69, 9.17) is 0 Å². The fraction of sp³-hybridized carbons (Fsp3) is 0.214. The van der Waals surface area contributed by atoms with E-state index in [9.17, 15) is 20.0 Å². The second-order valence-electron chi connectivity index (χ2n) is 4.58. The third-order valence-electron chi connectivity index (χ3n) is 3.26. The summed E-state index contributed by atoms with van der Waals surface area (Å²) in [4.78, 5) is 24.3. The second kappa shape index (κ2) is 5.92. The summed E-state index contributed by atoms with van der Waals surface area (Å²) < 4.78 is 0. The number of amides is 1. The Morgan fingerprint density at radius 3 is 2.43 bits per heavy atom. The van der Waals surface area contributed by atoms with Gasteiger partial charge in [-0.3, -0.25) is 14.9 Å². The molecule has 0 aliphatic rings. The quantitative estimate of drug-likeness (QED) is 0.694. The Bertz CT molecular complexity index is 666. The fourth-order valence-electron chi connectivity index (χ4n) is 1.87. The number of benzene rings is 1. The molecule has 0 radical (unpaired) electrons. The first-order valence-electron chi connectivity index (χ1n) is 6.20. The zero-order chi connectivity index (χ0) is 15.6. The Morgan fingerprint density at radius 2 is 1.90 bits per heavy atom.